The van der Waals surface area contributed by atoms with Crippen molar-refractivity contribution in [3.8, 4) is 0 Å². The molecule has 8 nitrogen and oxygen atoms in total. The van der Waals surface area contributed by atoms with E-state index in [0.717, 1.165) is 32.9 Å². The van der Waals surface area contributed by atoms with E-state index in [0.29, 0.717) is 11.3 Å². The molecule has 0 fully saturated rings. The molecule has 0 saturated carbocycles. The van der Waals surface area contributed by atoms with Crippen LogP contribution in [0.25, 0.3) is 21.8 Å². The third-order valence-corrected chi connectivity index (χ3v) is 7.50. The van der Waals surface area contributed by atoms with Crippen molar-refractivity contribution in [1.82, 2.24) is 24.9 Å². The van der Waals surface area contributed by atoms with Crippen molar-refractivity contribution in [2.75, 3.05) is 0 Å². The molecule has 2 N–H and O–H groups in total. The molecule has 6 rings (SSSR count). The van der Waals surface area contributed by atoms with Gasteiger partial charge in [-0.2, -0.15) is 0 Å². The van der Waals surface area contributed by atoms with Gasteiger partial charge in [-0.15, -0.1) is 0 Å². The van der Waals surface area contributed by atoms with Crippen LogP contribution < -0.4 is 10.9 Å². The molecule has 5 aromatic rings. The monoisotopic (exact) mass is 505 g/mol. The van der Waals surface area contributed by atoms with Gasteiger partial charge in [0.15, 0.2) is 0 Å². The Morgan fingerprint density at radius 3 is 2.32 bits per heavy atom. The van der Waals surface area contributed by atoms with Crippen molar-refractivity contribution >= 4 is 39.5 Å². The summed E-state index contributed by atoms with van der Waals surface area (Å²) < 4.78 is 3.81. The maximum Gasteiger partial charge on any atom is 0.286 e. The first-order valence-corrected chi connectivity index (χ1v) is 12.5. The van der Waals surface area contributed by atoms with Crippen molar-refractivity contribution in [2.45, 2.75) is 19.0 Å². The van der Waals surface area contributed by atoms with E-state index in [-0.39, 0.29) is 5.91 Å². The lowest BCUT2D eigenvalue weighted by Crippen LogP contribution is -2.52. The van der Waals surface area contributed by atoms with Gasteiger partial charge in [0, 0.05) is 53.2 Å². The van der Waals surface area contributed by atoms with E-state index in [4.69, 9.17) is 0 Å². The Morgan fingerprint density at radius 2 is 1.53 bits per heavy atom. The number of amides is 3. The number of fused-ring (bicyclic) bond motifs is 3. The van der Waals surface area contributed by atoms with Crippen molar-refractivity contribution in [3.63, 3.8) is 0 Å². The molecule has 8 heteroatoms. The number of nitrogens with zero attached hydrogens (tertiary/aromatic N) is 3. The van der Waals surface area contributed by atoms with Crippen LogP contribution in [-0.4, -0.2) is 37.8 Å². The van der Waals surface area contributed by atoms with Gasteiger partial charge in [0.05, 0.1) is 6.04 Å². The molecule has 0 aliphatic carbocycles. The summed E-state index contributed by atoms with van der Waals surface area (Å²) in [6, 6.07) is 23.6. The molecule has 2 aromatic heterocycles. The zero-order chi connectivity index (χ0) is 26.6. The molecule has 190 valence electrons. The Kier molecular flexibility index (Phi) is 5.52. The smallest absolute Gasteiger partial charge is 0.286 e. The van der Waals surface area contributed by atoms with Gasteiger partial charge in [0.25, 0.3) is 17.7 Å². The van der Waals surface area contributed by atoms with Gasteiger partial charge in [0.2, 0.25) is 0 Å². The molecule has 0 spiro atoms. The van der Waals surface area contributed by atoms with E-state index in [1.165, 1.54) is 0 Å². The highest BCUT2D eigenvalue weighted by atomic mass is 16.2. The van der Waals surface area contributed by atoms with Crippen LogP contribution in [0, 0.1) is 0 Å². The zero-order valence-corrected chi connectivity index (χ0v) is 21.3. The van der Waals surface area contributed by atoms with Gasteiger partial charge in [-0.3, -0.25) is 25.2 Å². The molecule has 3 amide bonds. The molecular formula is C30H27N5O3. The number of para-hydroxylation sites is 2. The predicted molar refractivity (Wildman–Crippen MR) is 145 cm³/mol. The van der Waals surface area contributed by atoms with E-state index in [1.54, 1.807) is 35.6 Å². The van der Waals surface area contributed by atoms with Gasteiger partial charge in [-0.1, -0.05) is 54.6 Å². The topological polar surface area (TPSA) is 88.4 Å². The molecule has 3 aromatic carbocycles. The highest BCUT2D eigenvalue weighted by Crippen LogP contribution is 2.42. The standard InChI is InChI=1S/C30H27N5O3/c1-18(28(36)31-32-29(37)26-16-19-10-4-8-14-24(19)34(26)3)35-27(21-12-5-6-13-22(21)30(35)38)23-17-33(2)25-15-9-7-11-20(23)25/h4-18,27H,1-3H3,(H,31,36)(H,32,37). The summed E-state index contributed by atoms with van der Waals surface area (Å²) in [6.07, 6.45) is 2.02. The number of benzene rings is 3. The molecule has 0 radical (unpaired) electrons. The number of rotatable bonds is 4. The summed E-state index contributed by atoms with van der Waals surface area (Å²) in [4.78, 5) is 41.5. The lowest BCUT2D eigenvalue weighted by atomic mass is 9.97. The fourth-order valence-electron chi connectivity index (χ4n) is 5.56. The Morgan fingerprint density at radius 1 is 0.842 bits per heavy atom. The Bertz CT molecular complexity index is 1750. The normalized spacial score (nSPS) is 15.6. The molecule has 1 aliphatic heterocycles. The summed E-state index contributed by atoms with van der Waals surface area (Å²) in [6.45, 7) is 1.68. The maximum absolute atomic E-state index is 13.6. The van der Waals surface area contributed by atoms with Crippen LogP contribution in [0.15, 0.2) is 85.1 Å². The summed E-state index contributed by atoms with van der Waals surface area (Å²) in [5.41, 5.74) is 9.81. The van der Waals surface area contributed by atoms with Crippen LogP contribution in [0.4, 0.5) is 0 Å². The van der Waals surface area contributed by atoms with Gasteiger partial charge < -0.3 is 14.0 Å². The van der Waals surface area contributed by atoms with Gasteiger partial charge in [0.1, 0.15) is 11.7 Å². The average Bonchev–Trinajstić information content (AvgIpc) is 3.56. The number of nitrogens with one attached hydrogen (secondary N) is 2. The first-order valence-electron chi connectivity index (χ1n) is 12.5. The summed E-state index contributed by atoms with van der Waals surface area (Å²) in [5.74, 6) is -1.14. The molecule has 3 heterocycles. The number of carbonyl (C=O) groups is 3. The van der Waals surface area contributed by atoms with Crippen molar-refractivity contribution < 1.29 is 14.4 Å². The van der Waals surface area contributed by atoms with Crippen LogP contribution in [0.1, 0.15) is 44.9 Å². The Labute approximate surface area is 219 Å². The third kappa shape index (κ3) is 3.56. The van der Waals surface area contributed by atoms with E-state index < -0.39 is 23.9 Å². The molecule has 0 bridgehead atoms. The predicted octanol–water partition coefficient (Wildman–Crippen LogP) is 4.06. The number of aryl methyl sites for hydroxylation is 2. The van der Waals surface area contributed by atoms with Crippen molar-refractivity contribution in [3.05, 3.63) is 107 Å². The quantitative estimate of drug-likeness (QED) is 0.361. The van der Waals surface area contributed by atoms with Crippen LogP contribution >= 0.6 is 0 Å². The minimum absolute atomic E-state index is 0.221. The number of hydrogen-bond donors (Lipinski definition) is 2. The maximum atomic E-state index is 13.6. The SMILES string of the molecule is CC(C(=O)NNC(=O)c1cc2ccccc2n1C)N1C(=O)c2ccccc2C1c1cn(C)c2ccccc12. The number of aromatic nitrogens is 2. The van der Waals surface area contributed by atoms with Gasteiger partial charge in [-0.05, 0) is 36.8 Å². The Hall–Kier alpha value is -4.85. The highest BCUT2D eigenvalue weighted by molar-refractivity contribution is 6.04. The van der Waals surface area contributed by atoms with Crippen LogP contribution in [-0.2, 0) is 18.9 Å². The molecule has 38 heavy (non-hydrogen) atoms. The second-order valence-electron chi connectivity index (χ2n) is 9.68. The fraction of sp³-hybridized carbons (Fsp3) is 0.167. The minimum atomic E-state index is -0.855. The molecule has 2 atom stereocenters. The number of hydrazine groups is 1. The van der Waals surface area contributed by atoms with Crippen molar-refractivity contribution in [2.24, 2.45) is 14.1 Å². The third-order valence-electron chi connectivity index (χ3n) is 7.50. The minimum Gasteiger partial charge on any atom is -0.350 e. The Balaban J connectivity index is 1.29. The average molecular weight is 506 g/mol. The van der Waals surface area contributed by atoms with Crippen LogP contribution in [0.5, 0.6) is 0 Å². The molecule has 0 saturated heterocycles. The summed E-state index contributed by atoms with van der Waals surface area (Å²) in [7, 11) is 3.77. The van der Waals surface area contributed by atoms with Gasteiger partial charge in [-0.25, -0.2) is 0 Å². The molecular weight excluding hydrogens is 478 g/mol. The van der Waals surface area contributed by atoms with E-state index in [9.17, 15) is 14.4 Å². The highest BCUT2D eigenvalue weighted by Gasteiger charge is 2.43. The second kappa shape index (κ2) is 8.92. The lowest BCUT2D eigenvalue weighted by Gasteiger charge is -2.30. The first-order chi connectivity index (χ1) is 18.4. The van der Waals surface area contributed by atoms with E-state index >= 15 is 0 Å². The fourth-order valence-corrected chi connectivity index (χ4v) is 5.56. The number of hydrogen-bond acceptors (Lipinski definition) is 3. The first kappa shape index (κ1) is 23.5. The largest absolute Gasteiger partial charge is 0.350 e. The summed E-state index contributed by atoms with van der Waals surface area (Å²) in [5, 5.41) is 1.95. The zero-order valence-electron chi connectivity index (χ0n) is 21.3. The molecule has 2 unspecified atom stereocenters. The summed E-state index contributed by atoms with van der Waals surface area (Å²) >= 11 is 0. The van der Waals surface area contributed by atoms with E-state index in [2.05, 4.69) is 10.9 Å². The van der Waals surface area contributed by atoms with E-state index in [1.807, 2.05) is 84.5 Å². The lowest BCUT2D eigenvalue weighted by molar-refractivity contribution is -0.126. The second-order valence-corrected chi connectivity index (χ2v) is 9.68. The van der Waals surface area contributed by atoms with Gasteiger partial charge >= 0.3 is 0 Å². The van der Waals surface area contributed by atoms with Crippen LogP contribution in [0.3, 0.4) is 0 Å². The molecule has 1 aliphatic rings. The number of carbonyl (C=O) groups excluding carboxylic acids is 3. The van der Waals surface area contributed by atoms with Crippen LogP contribution in [0.2, 0.25) is 0 Å². The van der Waals surface area contributed by atoms with Crippen molar-refractivity contribution in [1.29, 1.82) is 0 Å².